The van der Waals surface area contributed by atoms with Gasteiger partial charge in [0, 0.05) is 12.6 Å². The van der Waals surface area contributed by atoms with Crippen LogP contribution in [0, 0.1) is 0 Å². The number of pyridine rings is 1. The number of ether oxygens (including phenoxy) is 1. The Balaban J connectivity index is 1.98. The van der Waals surface area contributed by atoms with Crippen LogP contribution in [0.15, 0.2) is 48.7 Å². The molecule has 0 radical (unpaired) electrons. The van der Waals surface area contributed by atoms with E-state index < -0.39 is 0 Å². The molecule has 3 aromatic rings. The van der Waals surface area contributed by atoms with Crippen molar-refractivity contribution in [3.05, 3.63) is 59.9 Å². The number of nitrogen functional groups attached to an aromatic ring is 1. The van der Waals surface area contributed by atoms with E-state index in [-0.39, 0.29) is 0 Å². The third-order valence-electron chi connectivity index (χ3n) is 3.15. The number of hydrogen-bond acceptors (Lipinski definition) is 3. The number of aromatic nitrogens is 2. The molecule has 0 amide bonds. The van der Waals surface area contributed by atoms with E-state index in [4.69, 9.17) is 10.5 Å². The molecule has 0 spiro atoms. The van der Waals surface area contributed by atoms with E-state index in [2.05, 4.69) is 4.98 Å². The number of hydrogen-bond donors (Lipinski definition) is 1. The van der Waals surface area contributed by atoms with Crippen molar-refractivity contribution in [1.82, 2.24) is 9.38 Å². The second-order valence-electron chi connectivity index (χ2n) is 4.40. The summed E-state index contributed by atoms with van der Waals surface area (Å²) in [6, 6.07) is 13.8. The zero-order chi connectivity index (χ0) is 13.2. The lowest BCUT2D eigenvalue weighted by Crippen LogP contribution is -1.97. The summed E-state index contributed by atoms with van der Waals surface area (Å²) in [6.45, 7) is 0. The lowest BCUT2D eigenvalue weighted by Gasteiger charge is -2.03. The summed E-state index contributed by atoms with van der Waals surface area (Å²) in [5.41, 5.74) is 9.02. The Morgan fingerprint density at radius 3 is 2.89 bits per heavy atom. The Morgan fingerprint density at radius 1 is 1.21 bits per heavy atom. The van der Waals surface area contributed by atoms with Crippen molar-refractivity contribution in [3.63, 3.8) is 0 Å². The van der Waals surface area contributed by atoms with Gasteiger partial charge in [0.05, 0.1) is 12.8 Å². The largest absolute Gasteiger partial charge is 0.497 e. The maximum absolute atomic E-state index is 6.13. The first-order valence-electron chi connectivity index (χ1n) is 6.12. The molecule has 1 aromatic carbocycles. The molecule has 2 N–H and O–H groups in total. The molecule has 0 aliphatic rings. The predicted molar refractivity (Wildman–Crippen MR) is 75.4 cm³/mol. The van der Waals surface area contributed by atoms with Gasteiger partial charge in [-0.25, -0.2) is 4.98 Å². The third-order valence-corrected chi connectivity index (χ3v) is 3.15. The van der Waals surface area contributed by atoms with Crippen LogP contribution in [-0.2, 0) is 6.42 Å². The lowest BCUT2D eigenvalue weighted by atomic mass is 10.1. The molecule has 96 valence electrons. The number of nitrogens with two attached hydrogens (primary N) is 1. The molecule has 2 heterocycles. The Morgan fingerprint density at radius 2 is 2.11 bits per heavy atom. The molecule has 0 aliphatic heterocycles. The number of fused-ring (bicyclic) bond motifs is 1. The molecule has 4 nitrogen and oxygen atoms in total. The molecule has 0 saturated carbocycles. The average molecular weight is 253 g/mol. The smallest absolute Gasteiger partial charge is 0.138 e. The maximum Gasteiger partial charge on any atom is 0.138 e. The zero-order valence-corrected chi connectivity index (χ0v) is 10.7. The van der Waals surface area contributed by atoms with E-state index in [9.17, 15) is 0 Å². The highest BCUT2D eigenvalue weighted by molar-refractivity contribution is 5.53. The van der Waals surface area contributed by atoms with Gasteiger partial charge in [0.2, 0.25) is 0 Å². The van der Waals surface area contributed by atoms with Crippen LogP contribution in [0.1, 0.15) is 11.3 Å². The fourth-order valence-corrected chi connectivity index (χ4v) is 2.17. The molecule has 0 unspecified atom stereocenters. The van der Waals surface area contributed by atoms with Gasteiger partial charge in [-0.1, -0.05) is 18.2 Å². The Kier molecular flexibility index (Phi) is 2.83. The highest BCUT2D eigenvalue weighted by Crippen LogP contribution is 2.20. The Bertz CT molecular complexity index is 718. The first kappa shape index (κ1) is 11.6. The first-order chi connectivity index (χ1) is 9.28. The quantitative estimate of drug-likeness (QED) is 0.780. The number of anilines is 1. The van der Waals surface area contributed by atoms with Gasteiger partial charge < -0.3 is 10.5 Å². The minimum atomic E-state index is 0.693. The van der Waals surface area contributed by atoms with Gasteiger partial charge in [-0.2, -0.15) is 0 Å². The highest BCUT2D eigenvalue weighted by Gasteiger charge is 2.09. The van der Waals surface area contributed by atoms with Crippen molar-refractivity contribution >= 4 is 11.5 Å². The minimum Gasteiger partial charge on any atom is -0.497 e. The van der Waals surface area contributed by atoms with Gasteiger partial charge >= 0.3 is 0 Å². The lowest BCUT2D eigenvalue weighted by molar-refractivity contribution is 0.414. The molecule has 0 saturated heterocycles. The summed E-state index contributed by atoms with van der Waals surface area (Å²) in [7, 11) is 1.67. The second kappa shape index (κ2) is 4.65. The number of imidazole rings is 1. The van der Waals surface area contributed by atoms with E-state index in [0.29, 0.717) is 12.2 Å². The number of rotatable bonds is 3. The van der Waals surface area contributed by atoms with E-state index >= 15 is 0 Å². The van der Waals surface area contributed by atoms with E-state index in [1.54, 1.807) is 7.11 Å². The third kappa shape index (κ3) is 2.12. The number of benzene rings is 1. The van der Waals surface area contributed by atoms with E-state index in [1.807, 2.05) is 53.1 Å². The molecule has 0 bridgehead atoms. The van der Waals surface area contributed by atoms with Crippen molar-refractivity contribution < 1.29 is 4.74 Å². The van der Waals surface area contributed by atoms with Crippen molar-refractivity contribution in [2.45, 2.75) is 6.42 Å². The van der Waals surface area contributed by atoms with Crippen LogP contribution in [0.25, 0.3) is 5.65 Å². The Labute approximate surface area is 111 Å². The summed E-state index contributed by atoms with van der Waals surface area (Å²) in [6.07, 6.45) is 2.62. The summed E-state index contributed by atoms with van der Waals surface area (Å²) >= 11 is 0. The summed E-state index contributed by atoms with van der Waals surface area (Å²) < 4.78 is 7.12. The predicted octanol–water partition coefficient (Wildman–Crippen LogP) is 2.52. The van der Waals surface area contributed by atoms with Crippen LogP contribution in [0.2, 0.25) is 0 Å². The van der Waals surface area contributed by atoms with Crippen molar-refractivity contribution in [2.24, 2.45) is 0 Å². The van der Waals surface area contributed by atoms with Crippen LogP contribution in [0.3, 0.4) is 0 Å². The standard InChI is InChI=1S/C15H15N3O/c1-19-12-6-4-5-11(9-12)10-13-15(16)18-8-3-2-7-14(18)17-13/h2-9H,10,16H2,1H3. The first-order valence-corrected chi connectivity index (χ1v) is 6.12. The molecule has 3 rings (SSSR count). The summed E-state index contributed by atoms with van der Waals surface area (Å²) in [4.78, 5) is 4.56. The fraction of sp³-hybridized carbons (Fsp3) is 0.133. The number of methoxy groups -OCH3 is 1. The van der Waals surface area contributed by atoms with Gasteiger partial charge in [0.15, 0.2) is 0 Å². The van der Waals surface area contributed by atoms with Crippen LogP contribution < -0.4 is 10.5 Å². The van der Waals surface area contributed by atoms with Gasteiger partial charge in [0.25, 0.3) is 0 Å². The maximum atomic E-state index is 6.13. The Hall–Kier alpha value is -2.49. The monoisotopic (exact) mass is 253 g/mol. The SMILES string of the molecule is COc1cccc(Cc2nc3ccccn3c2N)c1. The molecule has 19 heavy (non-hydrogen) atoms. The molecule has 0 aliphatic carbocycles. The van der Waals surface area contributed by atoms with Crippen molar-refractivity contribution in [3.8, 4) is 5.75 Å². The molecule has 0 fully saturated rings. The normalized spacial score (nSPS) is 10.8. The van der Waals surface area contributed by atoms with Gasteiger partial charge in [-0.05, 0) is 29.8 Å². The molecule has 4 heteroatoms. The average Bonchev–Trinajstić information content (AvgIpc) is 2.76. The summed E-state index contributed by atoms with van der Waals surface area (Å²) in [5.74, 6) is 1.54. The second-order valence-corrected chi connectivity index (χ2v) is 4.40. The van der Waals surface area contributed by atoms with E-state index in [1.165, 1.54) is 0 Å². The molecular formula is C15H15N3O. The van der Waals surface area contributed by atoms with Gasteiger partial charge in [-0.15, -0.1) is 0 Å². The minimum absolute atomic E-state index is 0.693. The topological polar surface area (TPSA) is 52.5 Å². The molecule has 2 aromatic heterocycles. The van der Waals surface area contributed by atoms with Crippen LogP contribution in [-0.4, -0.2) is 16.5 Å². The highest BCUT2D eigenvalue weighted by atomic mass is 16.5. The van der Waals surface area contributed by atoms with Crippen LogP contribution in [0.4, 0.5) is 5.82 Å². The van der Waals surface area contributed by atoms with Crippen molar-refractivity contribution in [1.29, 1.82) is 0 Å². The van der Waals surface area contributed by atoms with Gasteiger partial charge in [-0.3, -0.25) is 4.40 Å². The summed E-state index contributed by atoms with van der Waals surface area (Å²) in [5, 5.41) is 0. The van der Waals surface area contributed by atoms with Crippen LogP contribution in [0.5, 0.6) is 5.75 Å². The number of nitrogens with zero attached hydrogens (tertiary/aromatic N) is 2. The molecule has 0 atom stereocenters. The van der Waals surface area contributed by atoms with Gasteiger partial charge in [0.1, 0.15) is 17.2 Å². The molecular weight excluding hydrogens is 238 g/mol. The fourth-order valence-electron chi connectivity index (χ4n) is 2.17. The zero-order valence-electron chi connectivity index (χ0n) is 10.7. The van der Waals surface area contributed by atoms with Crippen LogP contribution >= 0.6 is 0 Å². The van der Waals surface area contributed by atoms with E-state index in [0.717, 1.165) is 22.7 Å². The van der Waals surface area contributed by atoms with Crippen molar-refractivity contribution in [2.75, 3.05) is 12.8 Å².